The van der Waals surface area contributed by atoms with E-state index >= 15 is 0 Å². The molecule has 0 saturated heterocycles. The van der Waals surface area contributed by atoms with Gasteiger partial charge in [-0.05, 0) is 35.4 Å². The molecule has 2 aromatic carbocycles. The number of benzene rings is 2. The van der Waals surface area contributed by atoms with Crippen molar-refractivity contribution in [1.82, 2.24) is 0 Å². The number of hydrogen-bond donors (Lipinski definition) is 6. The zero-order valence-electron chi connectivity index (χ0n) is 20.1. The molecule has 2 aliphatic heterocycles. The molecular formula is C22H32N6O8S. The van der Waals surface area contributed by atoms with Crippen molar-refractivity contribution in [3.8, 4) is 23.0 Å². The van der Waals surface area contributed by atoms with E-state index < -0.39 is 10.4 Å². The molecule has 0 spiro atoms. The van der Waals surface area contributed by atoms with Crippen LogP contribution in [0.25, 0.3) is 0 Å². The molecule has 0 saturated carbocycles. The molecule has 0 bridgehead atoms. The Morgan fingerprint density at radius 2 is 1.00 bits per heavy atom. The third-order valence-electron chi connectivity index (χ3n) is 4.51. The van der Waals surface area contributed by atoms with Gasteiger partial charge in [0.15, 0.2) is 34.9 Å². The number of rotatable bonds is 4. The predicted molar refractivity (Wildman–Crippen MR) is 137 cm³/mol. The summed E-state index contributed by atoms with van der Waals surface area (Å²) in [4.78, 5) is 7.89. The van der Waals surface area contributed by atoms with Crippen LogP contribution in [0.2, 0.25) is 0 Å². The van der Waals surface area contributed by atoms with Gasteiger partial charge in [0.25, 0.3) is 0 Å². The zero-order valence-corrected chi connectivity index (χ0v) is 20.9. The molecule has 0 aliphatic carbocycles. The van der Waals surface area contributed by atoms with Crippen molar-refractivity contribution in [2.24, 2.45) is 32.9 Å². The number of nitrogens with zero attached hydrogens (tertiary/aromatic N) is 2. The van der Waals surface area contributed by atoms with Crippen LogP contribution in [0.3, 0.4) is 0 Å². The summed E-state index contributed by atoms with van der Waals surface area (Å²) < 4.78 is 53.7. The van der Waals surface area contributed by atoms with Crippen molar-refractivity contribution in [3.63, 3.8) is 0 Å². The van der Waals surface area contributed by atoms with E-state index in [4.69, 9.17) is 59.4 Å². The number of hydrogen-bond acceptors (Lipinski definition) is 8. The Hall–Kier alpha value is -3.95. The van der Waals surface area contributed by atoms with Gasteiger partial charge in [-0.15, -0.1) is 0 Å². The van der Waals surface area contributed by atoms with Crippen LogP contribution in [0.5, 0.6) is 23.0 Å². The lowest BCUT2D eigenvalue weighted by atomic mass is 10.2. The second-order valence-corrected chi connectivity index (χ2v) is 8.49. The van der Waals surface area contributed by atoms with Gasteiger partial charge in [-0.1, -0.05) is 12.1 Å². The van der Waals surface area contributed by atoms with Gasteiger partial charge in [-0.3, -0.25) is 9.11 Å². The van der Waals surface area contributed by atoms with Gasteiger partial charge in [0, 0.05) is 12.8 Å². The first kappa shape index (κ1) is 29.3. The first-order valence-corrected chi connectivity index (χ1v) is 12.5. The molecule has 37 heavy (non-hydrogen) atoms. The summed E-state index contributed by atoms with van der Waals surface area (Å²) in [5.41, 5.74) is 23.1. The maximum Gasteiger partial charge on any atom is 0.394 e. The largest absolute Gasteiger partial charge is 0.490 e. The van der Waals surface area contributed by atoms with Crippen LogP contribution in [-0.2, 0) is 23.5 Å². The maximum atomic E-state index is 8.74. The Bertz CT molecular complexity index is 1100. The molecule has 2 heterocycles. The fourth-order valence-corrected chi connectivity index (χ4v) is 2.98. The second-order valence-electron chi connectivity index (χ2n) is 7.59. The highest BCUT2D eigenvalue weighted by Crippen LogP contribution is 2.31. The van der Waals surface area contributed by atoms with Crippen molar-refractivity contribution in [3.05, 3.63) is 47.5 Å². The molecule has 0 radical (unpaired) electrons. The summed E-state index contributed by atoms with van der Waals surface area (Å²) >= 11 is 0. The van der Waals surface area contributed by atoms with Gasteiger partial charge in [0.2, 0.25) is 0 Å². The molecular weight excluding hydrogens is 508 g/mol. The van der Waals surface area contributed by atoms with E-state index in [1.807, 2.05) is 36.4 Å². The number of nitrogens with two attached hydrogens (primary N) is 4. The minimum absolute atomic E-state index is 0.0899. The lowest BCUT2D eigenvalue weighted by Gasteiger charge is -2.08. The summed E-state index contributed by atoms with van der Waals surface area (Å²) in [7, 11) is -4.67. The Labute approximate surface area is 214 Å². The lowest BCUT2D eigenvalue weighted by molar-refractivity contribution is 0.296. The molecule has 0 aromatic heterocycles. The first-order chi connectivity index (χ1) is 17.5. The number of ether oxygens (including phenoxy) is 4. The van der Waals surface area contributed by atoms with Gasteiger partial charge in [0.1, 0.15) is 0 Å². The van der Waals surface area contributed by atoms with Crippen LogP contribution in [0, 0.1) is 0 Å². The van der Waals surface area contributed by atoms with Gasteiger partial charge >= 0.3 is 10.4 Å². The molecule has 14 nitrogen and oxygen atoms in total. The van der Waals surface area contributed by atoms with Crippen LogP contribution in [0.15, 0.2) is 46.4 Å². The molecule has 0 amide bonds. The molecule has 4 rings (SSSR count). The smallest absolute Gasteiger partial charge is 0.394 e. The van der Waals surface area contributed by atoms with Crippen molar-refractivity contribution >= 4 is 22.3 Å². The minimum atomic E-state index is -4.67. The van der Waals surface area contributed by atoms with Crippen LogP contribution in [0.1, 0.15) is 24.0 Å². The van der Waals surface area contributed by atoms with Gasteiger partial charge < -0.3 is 41.9 Å². The van der Waals surface area contributed by atoms with E-state index in [0.29, 0.717) is 39.5 Å². The SMILES string of the molecule is NC(N)=NCc1ccc2c(c1)OCCCO2.NC(N)=NCc1ccc2c(c1)OCCCO2.O=S(=O)(O)O. The quantitative estimate of drug-likeness (QED) is 0.177. The summed E-state index contributed by atoms with van der Waals surface area (Å²) in [6, 6.07) is 11.5. The van der Waals surface area contributed by atoms with Gasteiger partial charge in [-0.2, -0.15) is 8.42 Å². The highest BCUT2D eigenvalue weighted by molar-refractivity contribution is 7.79. The molecule has 15 heteroatoms. The zero-order chi connectivity index (χ0) is 27.3. The first-order valence-electron chi connectivity index (χ1n) is 11.1. The Balaban J connectivity index is 0.000000221. The average molecular weight is 541 g/mol. The Morgan fingerprint density at radius 1 is 0.676 bits per heavy atom. The fourth-order valence-electron chi connectivity index (χ4n) is 2.98. The van der Waals surface area contributed by atoms with Crippen molar-refractivity contribution in [2.75, 3.05) is 26.4 Å². The van der Waals surface area contributed by atoms with E-state index in [-0.39, 0.29) is 11.9 Å². The Morgan fingerprint density at radius 3 is 1.32 bits per heavy atom. The van der Waals surface area contributed by atoms with Crippen molar-refractivity contribution in [2.45, 2.75) is 25.9 Å². The summed E-state index contributed by atoms with van der Waals surface area (Å²) in [6.07, 6.45) is 1.80. The molecule has 0 atom stereocenters. The number of fused-ring (bicyclic) bond motifs is 2. The fraction of sp³-hybridized carbons (Fsp3) is 0.364. The normalized spacial score (nSPS) is 13.7. The second kappa shape index (κ2) is 14.6. The number of aliphatic imine (C=N–C) groups is 2. The van der Waals surface area contributed by atoms with Crippen LogP contribution in [0.4, 0.5) is 0 Å². The number of guanidine groups is 2. The Kier molecular flexibility index (Phi) is 11.5. The topological polar surface area (TPSA) is 240 Å². The van der Waals surface area contributed by atoms with E-state index in [1.165, 1.54) is 0 Å². The van der Waals surface area contributed by atoms with Crippen LogP contribution >= 0.6 is 0 Å². The molecule has 0 unspecified atom stereocenters. The van der Waals surface area contributed by atoms with E-state index in [9.17, 15) is 0 Å². The van der Waals surface area contributed by atoms with E-state index in [1.54, 1.807) is 0 Å². The van der Waals surface area contributed by atoms with Gasteiger partial charge in [-0.25, -0.2) is 9.98 Å². The predicted octanol–water partition coefficient (Wildman–Crippen LogP) is 0.590. The van der Waals surface area contributed by atoms with E-state index in [2.05, 4.69) is 9.98 Å². The molecule has 204 valence electrons. The minimum Gasteiger partial charge on any atom is -0.490 e. The third kappa shape index (κ3) is 12.5. The molecule has 10 N–H and O–H groups in total. The van der Waals surface area contributed by atoms with E-state index in [0.717, 1.165) is 47.0 Å². The monoisotopic (exact) mass is 540 g/mol. The van der Waals surface area contributed by atoms with Crippen molar-refractivity contribution < 1.29 is 36.5 Å². The average Bonchev–Trinajstić information content (AvgIpc) is 3.20. The highest BCUT2D eigenvalue weighted by Gasteiger charge is 2.11. The van der Waals surface area contributed by atoms with Crippen LogP contribution < -0.4 is 41.9 Å². The maximum absolute atomic E-state index is 8.74. The highest BCUT2D eigenvalue weighted by atomic mass is 32.3. The molecule has 2 aromatic rings. The molecule has 0 fully saturated rings. The third-order valence-corrected chi connectivity index (χ3v) is 4.51. The standard InChI is InChI=1S/2C11H15N3O2.H2O4S/c2*12-11(13)14-7-8-2-3-9-10(6-8)16-5-1-4-15-9;1-5(2,3)4/h2*2-3,6H,1,4-5,7H2,(H4,12,13,14);(H2,1,2,3,4). The van der Waals surface area contributed by atoms with Crippen LogP contribution in [-0.4, -0.2) is 55.9 Å². The summed E-state index contributed by atoms with van der Waals surface area (Å²) in [5, 5.41) is 0. The molecule has 2 aliphatic rings. The lowest BCUT2D eigenvalue weighted by Crippen LogP contribution is -2.22. The summed E-state index contributed by atoms with van der Waals surface area (Å²) in [6.45, 7) is 3.66. The van der Waals surface area contributed by atoms with Crippen molar-refractivity contribution in [1.29, 1.82) is 0 Å². The summed E-state index contributed by atoms with van der Waals surface area (Å²) in [5.74, 6) is 3.28. The van der Waals surface area contributed by atoms with Gasteiger partial charge in [0.05, 0.1) is 39.5 Å².